The smallest absolute Gasteiger partial charge is 0.306 e. The summed E-state index contributed by atoms with van der Waals surface area (Å²) >= 11 is 0. The molecule has 1 rings (SSSR count). The van der Waals surface area contributed by atoms with Crippen molar-refractivity contribution in [2.75, 3.05) is 0 Å². The molecule has 0 bridgehead atoms. The third-order valence-corrected chi connectivity index (χ3v) is 4.33. The van der Waals surface area contributed by atoms with Gasteiger partial charge in [-0.15, -0.1) is 0 Å². The molecule has 27 heavy (non-hydrogen) atoms. The maximum absolute atomic E-state index is 11.7. The van der Waals surface area contributed by atoms with Crippen molar-refractivity contribution < 1.29 is 9.53 Å². The molecule has 3 nitrogen and oxygen atoms in total. The van der Waals surface area contributed by atoms with E-state index in [0.29, 0.717) is 13.0 Å². The van der Waals surface area contributed by atoms with Gasteiger partial charge in [0, 0.05) is 30.8 Å². The van der Waals surface area contributed by atoms with Gasteiger partial charge in [0.15, 0.2) is 0 Å². The number of carbonyl (C=O) groups excluding carboxylic acids is 1. The molecule has 0 aliphatic rings. The molecular weight excluding hydrogens is 334 g/mol. The normalized spacial score (nSPS) is 10.6. The van der Waals surface area contributed by atoms with Crippen LogP contribution in [0.15, 0.2) is 36.7 Å². The molecule has 0 aromatic carbocycles. The van der Waals surface area contributed by atoms with Crippen LogP contribution in [-0.4, -0.2) is 11.0 Å². The number of nitrogens with zero attached hydrogens (tertiary/aromatic N) is 1. The topological polar surface area (TPSA) is 39.2 Å². The Morgan fingerprint density at radius 1 is 1.11 bits per heavy atom. The maximum Gasteiger partial charge on any atom is 0.306 e. The van der Waals surface area contributed by atoms with Crippen LogP contribution in [0.5, 0.6) is 0 Å². The molecule has 0 aliphatic carbocycles. The molecule has 0 radical (unpaired) electrons. The standard InChI is InChI=1S/C24H35NO2/c1-2-3-4-5-6-7-8-9-10-11-12-13-14-15-16-19-24(26)27-22-23-18-17-20-25-21-23/h7-8,17-18,20-21H,2-6,11-16,19,22H2,1H3/b8-7-. The van der Waals surface area contributed by atoms with Crippen LogP contribution in [0, 0.1) is 11.8 Å². The molecule has 0 saturated carbocycles. The second-order valence-corrected chi connectivity index (χ2v) is 6.86. The molecule has 0 unspecified atom stereocenters. The lowest BCUT2D eigenvalue weighted by Gasteiger charge is -2.04. The van der Waals surface area contributed by atoms with Crippen molar-refractivity contribution in [1.29, 1.82) is 0 Å². The van der Waals surface area contributed by atoms with E-state index in [0.717, 1.165) is 44.1 Å². The van der Waals surface area contributed by atoms with Gasteiger partial charge in [0.05, 0.1) is 0 Å². The number of rotatable bonds is 14. The van der Waals surface area contributed by atoms with Crippen molar-refractivity contribution in [3.8, 4) is 11.8 Å². The summed E-state index contributed by atoms with van der Waals surface area (Å²) in [6, 6.07) is 3.76. The van der Waals surface area contributed by atoms with Gasteiger partial charge in [-0.1, -0.05) is 69.4 Å². The van der Waals surface area contributed by atoms with E-state index < -0.39 is 0 Å². The van der Waals surface area contributed by atoms with Crippen molar-refractivity contribution in [3.63, 3.8) is 0 Å². The van der Waals surface area contributed by atoms with E-state index in [2.05, 4.69) is 29.8 Å². The van der Waals surface area contributed by atoms with Crippen molar-refractivity contribution in [3.05, 3.63) is 42.2 Å². The molecule has 0 fully saturated rings. The highest BCUT2D eigenvalue weighted by Crippen LogP contribution is 2.08. The third-order valence-electron chi connectivity index (χ3n) is 4.33. The number of carbonyl (C=O) groups is 1. The molecule has 0 saturated heterocycles. The molecule has 1 aromatic heterocycles. The van der Waals surface area contributed by atoms with E-state index in [4.69, 9.17) is 4.74 Å². The van der Waals surface area contributed by atoms with Gasteiger partial charge in [0.1, 0.15) is 6.61 Å². The average molecular weight is 370 g/mol. The lowest BCUT2D eigenvalue weighted by atomic mass is 10.1. The number of allylic oxidation sites excluding steroid dienone is 2. The molecule has 3 heteroatoms. The Bertz CT molecular complexity index is 569. The fraction of sp³-hybridized carbons (Fsp3) is 0.583. The fourth-order valence-electron chi connectivity index (χ4n) is 2.69. The first-order valence-corrected chi connectivity index (χ1v) is 10.5. The van der Waals surface area contributed by atoms with E-state index >= 15 is 0 Å². The van der Waals surface area contributed by atoms with Crippen LogP contribution < -0.4 is 0 Å². The van der Waals surface area contributed by atoms with E-state index in [1.54, 1.807) is 12.4 Å². The van der Waals surface area contributed by atoms with Crippen LogP contribution in [0.25, 0.3) is 0 Å². The van der Waals surface area contributed by atoms with Gasteiger partial charge in [-0.2, -0.15) is 0 Å². The van der Waals surface area contributed by atoms with Gasteiger partial charge >= 0.3 is 5.97 Å². The highest BCUT2D eigenvalue weighted by atomic mass is 16.5. The van der Waals surface area contributed by atoms with Gasteiger partial charge < -0.3 is 4.74 Å². The van der Waals surface area contributed by atoms with Crippen LogP contribution in [0.1, 0.15) is 89.5 Å². The second-order valence-electron chi connectivity index (χ2n) is 6.86. The SMILES string of the molecule is CCCCCC/C=C\C#CCCCCCCCC(=O)OCc1cccnc1. The van der Waals surface area contributed by atoms with E-state index in [1.807, 2.05) is 18.2 Å². The summed E-state index contributed by atoms with van der Waals surface area (Å²) in [6.07, 6.45) is 20.9. The Hall–Kier alpha value is -2.08. The van der Waals surface area contributed by atoms with Crippen LogP contribution in [0.3, 0.4) is 0 Å². The number of ether oxygens (including phenoxy) is 1. The first kappa shape index (κ1) is 23.0. The molecule has 148 valence electrons. The molecule has 0 amide bonds. The molecular formula is C24H35NO2. The minimum Gasteiger partial charge on any atom is -0.461 e. The van der Waals surface area contributed by atoms with Crippen LogP contribution in [-0.2, 0) is 16.1 Å². The summed E-state index contributed by atoms with van der Waals surface area (Å²) in [6.45, 7) is 2.55. The molecule has 0 spiro atoms. The van der Waals surface area contributed by atoms with Crippen molar-refractivity contribution >= 4 is 5.97 Å². The predicted octanol–water partition coefficient (Wildman–Crippen LogP) is 6.39. The molecule has 0 N–H and O–H groups in total. The number of pyridine rings is 1. The highest BCUT2D eigenvalue weighted by molar-refractivity contribution is 5.69. The summed E-state index contributed by atoms with van der Waals surface area (Å²) in [5.41, 5.74) is 0.929. The molecule has 0 aliphatic heterocycles. The summed E-state index contributed by atoms with van der Waals surface area (Å²) in [5.74, 6) is 6.22. The van der Waals surface area contributed by atoms with Gasteiger partial charge in [0.25, 0.3) is 0 Å². The number of hydrogen-bond donors (Lipinski definition) is 0. The quantitative estimate of drug-likeness (QED) is 0.217. The van der Waals surface area contributed by atoms with Crippen LogP contribution >= 0.6 is 0 Å². The Balaban J connectivity index is 1.88. The average Bonchev–Trinajstić information content (AvgIpc) is 2.70. The first-order chi connectivity index (χ1) is 13.3. The molecule has 0 atom stereocenters. The Morgan fingerprint density at radius 3 is 2.74 bits per heavy atom. The minimum atomic E-state index is -0.119. The largest absolute Gasteiger partial charge is 0.461 e. The summed E-state index contributed by atoms with van der Waals surface area (Å²) < 4.78 is 5.24. The van der Waals surface area contributed by atoms with E-state index in [9.17, 15) is 4.79 Å². The number of hydrogen-bond acceptors (Lipinski definition) is 3. The minimum absolute atomic E-state index is 0.119. The van der Waals surface area contributed by atoms with Crippen molar-refractivity contribution in [2.24, 2.45) is 0 Å². The number of esters is 1. The summed E-state index contributed by atoms with van der Waals surface area (Å²) in [5, 5.41) is 0. The molecule has 1 heterocycles. The zero-order valence-electron chi connectivity index (χ0n) is 16.9. The van der Waals surface area contributed by atoms with E-state index in [-0.39, 0.29) is 5.97 Å². The first-order valence-electron chi connectivity index (χ1n) is 10.5. The number of aromatic nitrogens is 1. The van der Waals surface area contributed by atoms with Crippen LogP contribution in [0.4, 0.5) is 0 Å². The van der Waals surface area contributed by atoms with Crippen molar-refractivity contribution in [1.82, 2.24) is 4.98 Å². The Morgan fingerprint density at radius 2 is 1.93 bits per heavy atom. The monoisotopic (exact) mass is 369 g/mol. The van der Waals surface area contributed by atoms with E-state index in [1.165, 1.54) is 32.1 Å². The van der Waals surface area contributed by atoms with Gasteiger partial charge in [-0.3, -0.25) is 9.78 Å². The lowest BCUT2D eigenvalue weighted by molar-refractivity contribution is -0.145. The Labute approximate surface area is 165 Å². The Kier molecular flexibility index (Phi) is 14.7. The number of unbranched alkanes of at least 4 members (excludes halogenated alkanes) is 9. The summed E-state index contributed by atoms with van der Waals surface area (Å²) in [7, 11) is 0. The van der Waals surface area contributed by atoms with Gasteiger partial charge in [-0.05, 0) is 37.8 Å². The zero-order chi connectivity index (χ0) is 19.4. The molecule has 1 aromatic rings. The highest BCUT2D eigenvalue weighted by Gasteiger charge is 2.03. The van der Waals surface area contributed by atoms with Crippen molar-refractivity contribution in [2.45, 2.75) is 90.6 Å². The lowest BCUT2D eigenvalue weighted by Crippen LogP contribution is -2.04. The van der Waals surface area contributed by atoms with Gasteiger partial charge in [0.2, 0.25) is 0 Å². The maximum atomic E-state index is 11.7. The summed E-state index contributed by atoms with van der Waals surface area (Å²) in [4.78, 5) is 15.7. The van der Waals surface area contributed by atoms with Crippen LogP contribution in [0.2, 0.25) is 0 Å². The third kappa shape index (κ3) is 14.7. The zero-order valence-corrected chi connectivity index (χ0v) is 16.9. The predicted molar refractivity (Wildman–Crippen MR) is 112 cm³/mol. The second kappa shape index (κ2) is 17.3. The fourth-order valence-corrected chi connectivity index (χ4v) is 2.69. The van der Waals surface area contributed by atoms with Gasteiger partial charge in [-0.25, -0.2) is 0 Å².